The maximum absolute atomic E-state index is 13.2. The van der Waals surface area contributed by atoms with Crippen molar-refractivity contribution in [2.75, 3.05) is 13.1 Å². The molecule has 2 heterocycles. The van der Waals surface area contributed by atoms with Crippen molar-refractivity contribution in [1.82, 2.24) is 4.90 Å². The van der Waals surface area contributed by atoms with Crippen molar-refractivity contribution < 1.29 is 45.1 Å². The van der Waals surface area contributed by atoms with Crippen LogP contribution < -0.4 is 9.47 Å². The molecule has 6 rings (SSSR count). The van der Waals surface area contributed by atoms with Gasteiger partial charge in [-0.2, -0.15) is 21.6 Å². The molecule has 1 unspecified atom stereocenters. The molecule has 3 fully saturated rings. The molecule has 1 aromatic rings. The lowest BCUT2D eigenvalue weighted by molar-refractivity contribution is -0.205. The van der Waals surface area contributed by atoms with Crippen LogP contribution in [0.25, 0.3) is 0 Å². The topological polar surface area (TPSA) is 102 Å². The lowest BCUT2D eigenvalue weighted by Crippen LogP contribution is -2.77. The van der Waals surface area contributed by atoms with Crippen molar-refractivity contribution in [3.05, 3.63) is 23.3 Å². The van der Waals surface area contributed by atoms with E-state index in [1.807, 2.05) is 0 Å². The first kappa shape index (κ1) is 23.5. The Hall–Kier alpha value is -1.89. The number of carbonyl (C=O) groups excluding carboxylic acids is 1. The van der Waals surface area contributed by atoms with Gasteiger partial charge in [0.25, 0.3) is 0 Å². The Balaban J connectivity index is 1.48. The van der Waals surface area contributed by atoms with E-state index in [0.29, 0.717) is 30.9 Å². The molecule has 1 aromatic carbocycles. The van der Waals surface area contributed by atoms with Crippen LogP contribution in [0.2, 0.25) is 0 Å². The molecule has 2 saturated carbocycles. The van der Waals surface area contributed by atoms with E-state index in [4.69, 9.17) is 13.7 Å². The van der Waals surface area contributed by atoms with E-state index in [9.17, 15) is 31.5 Å². The van der Waals surface area contributed by atoms with Crippen molar-refractivity contribution in [3.63, 3.8) is 0 Å². The van der Waals surface area contributed by atoms with Gasteiger partial charge in [0.15, 0.2) is 11.5 Å². The number of likely N-dealkylation sites (tertiary alicyclic amines) is 1. The van der Waals surface area contributed by atoms with Gasteiger partial charge in [0, 0.05) is 25.1 Å². The number of aliphatic hydroxyl groups is 1. The Morgan fingerprint density at radius 3 is 2.66 bits per heavy atom. The minimum atomic E-state index is -5.89. The zero-order valence-corrected chi connectivity index (χ0v) is 19.8. The second-order valence-corrected chi connectivity index (χ2v) is 12.0. The number of carbonyl (C=O) groups is 1. The third-order valence-electron chi connectivity index (χ3n) is 8.48. The minimum absolute atomic E-state index is 0.0629. The van der Waals surface area contributed by atoms with E-state index in [2.05, 4.69) is 4.90 Å². The number of halogens is 3. The summed E-state index contributed by atoms with van der Waals surface area (Å²) in [7, 11) is -5.89. The first-order valence-electron chi connectivity index (χ1n) is 11.8. The molecule has 5 atom stereocenters. The van der Waals surface area contributed by atoms with E-state index >= 15 is 0 Å². The first-order chi connectivity index (χ1) is 16.4. The maximum Gasteiger partial charge on any atom is 0.523 e. The molecule has 5 aliphatic rings. The SMILES string of the molecule is CC(=O)Oc1ccc2c3c1O[C@H]1[C@@H](OS(=O)(=O)C(F)(F)F)CCC4(O)[C@@H](C2)N(CC2CC2)CC[C@]314. The lowest BCUT2D eigenvalue weighted by atomic mass is 9.48. The van der Waals surface area contributed by atoms with Crippen LogP contribution in [0.4, 0.5) is 13.2 Å². The number of esters is 1. The summed E-state index contributed by atoms with van der Waals surface area (Å²) in [6, 6.07) is 3.09. The van der Waals surface area contributed by atoms with Gasteiger partial charge in [-0.3, -0.25) is 13.9 Å². The maximum atomic E-state index is 13.2. The Bertz CT molecular complexity index is 1200. The fourth-order valence-electron chi connectivity index (χ4n) is 6.98. The van der Waals surface area contributed by atoms with Crippen LogP contribution in [-0.2, 0) is 30.9 Å². The van der Waals surface area contributed by atoms with Crippen LogP contribution in [0.3, 0.4) is 0 Å². The summed E-state index contributed by atoms with van der Waals surface area (Å²) >= 11 is 0. The molecule has 2 bridgehead atoms. The largest absolute Gasteiger partial charge is 0.523 e. The summed E-state index contributed by atoms with van der Waals surface area (Å²) in [5.74, 6) is 0.241. The summed E-state index contributed by atoms with van der Waals surface area (Å²) in [6.45, 7) is 2.64. The second-order valence-electron chi connectivity index (χ2n) is 10.4. The molecular weight excluding hydrogens is 491 g/mol. The van der Waals surface area contributed by atoms with Crippen LogP contribution in [0.1, 0.15) is 50.2 Å². The van der Waals surface area contributed by atoms with Crippen molar-refractivity contribution in [1.29, 1.82) is 0 Å². The van der Waals surface area contributed by atoms with Crippen molar-refractivity contribution in [2.45, 2.75) is 80.2 Å². The lowest BCUT2D eigenvalue weighted by Gasteiger charge is -2.64. The molecule has 0 radical (unpaired) electrons. The average Bonchev–Trinajstić information content (AvgIpc) is 3.49. The van der Waals surface area contributed by atoms with Gasteiger partial charge in [0.05, 0.1) is 11.0 Å². The van der Waals surface area contributed by atoms with Crippen LogP contribution in [0.5, 0.6) is 11.5 Å². The molecule has 1 N–H and O–H groups in total. The van der Waals surface area contributed by atoms with Gasteiger partial charge >= 0.3 is 21.6 Å². The van der Waals surface area contributed by atoms with E-state index in [1.54, 1.807) is 12.1 Å². The molecule has 12 heteroatoms. The zero-order valence-electron chi connectivity index (χ0n) is 19.0. The second kappa shape index (κ2) is 7.33. The van der Waals surface area contributed by atoms with Gasteiger partial charge < -0.3 is 14.6 Å². The van der Waals surface area contributed by atoms with Crippen molar-refractivity contribution in [3.8, 4) is 11.5 Å². The number of hydrogen-bond donors (Lipinski definition) is 1. The predicted molar refractivity (Wildman–Crippen MR) is 114 cm³/mol. The highest BCUT2D eigenvalue weighted by molar-refractivity contribution is 7.87. The predicted octanol–water partition coefficient (Wildman–Crippen LogP) is 2.41. The molecule has 0 aromatic heterocycles. The minimum Gasteiger partial charge on any atom is -0.482 e. The third-order valence-corrected chi connectivity index (χ3v) is 9.55. The molecule has 3 aliphatic carbocycles. The fraction of sp³-hybridized carbons (Fsp3) is 0.696. The molecule has 35 heavy (non-hydrogen) atoms. The van der Waals surface area contributed by atoms with Gasteiger partial charge in [0.1, 0.15) is 12.2 Å². The van der Waals surface area contributed by atoms with Crippen LogP contribution in [0, 0.1) is 5.92 Å². The van der Waals surface area contributed by atoms with Gasteiger partial charge in [-0.05, 0) is 62.6 Å². The number of rotatable bonds is 5. The van der Waals surface area contributed by atoms with E-state index in [1.165, 1.54) is 6.92 Å². The summed E-state index contributed by atoms with van der Waals surface area (Å²) in [5.41, 5.74) is -6.67. The van der Waals surface area contributed by atoms with Crippen molar-refractivity contribution >= 4 is 16.1 Å². The number of benzene rings is 1. The number of hydrogen-bond acceptors (Lipinski definition) is 8. The molecule has 192 valence electrons. The Labute approximate surface area is 200 Å². The van der Waals surface area contributed by atoms with Crippen LogP contribution in [0.15, 0.2) is 12.1 Å². The quantitative estimate of drug-likeness (QED) is 0.275. The zero-order chi connectivity index (χ0) is 25.0. The van der Waals surface area contributed by atoms with Gasteiger partial charge in [-0.1, -0.05) is 6.07 Å². The monoisotopic (exact) mass is 517 g/mol. The molecule has 1 spiro atoms. The Kier molecular flexibility index (Phi) is 4.92. The molecule has 1 saturated heterocycles. The first-order valence-corrected chi connectivity index (χ1v) is 13.3. The number of piperidine rings is 1. The van der Waals surface area contributed by atoms with E-state index in [0.717, 1.165) is 24.9 Å². The van der Waals surface area contributed by atoms with Gasteiger partial charge in [-0.25, -0.2) is 0 Å². The Morgan fingerprint density at radius 1 is 1.26 bits per heavy atom. The van der Waals surface area contributed by atoms with E-state index < -0.39 is 44.8 Å². The number of ether oxygens (including phenoxy) is 2. The summed E-state index contributed by atoms with van der Waals surface area (Å²) in [6.07, 6.45) is 0.428. The highest BCUT2D eigenvalue weighted by Crippen LogP contribution is 2.66. The molecule has 8 nitrogen and oxygen atoms in total. The Morgan fingerprint density at radius 2 is 2.00 bits per heavy atom. The van der Waals surface area contributed by atoms with E-state index in [-0.39, 0.29) is 30.4 Å². The van der Waals surface area contributed by atoms with Crippen LogP contribution >= 0.6 is 0 Å². The standard InChI is InChI=1S/C23H26F3NO7S/c1-12(28)32-15-5-4-14-10-17-22(29)7-6-16(34-35(30,31)23(24,25)26)20-21(22,18(14)19(15)33-20)8-9-27(17)11-13-2-3-13/h4-5,13,16-17,20,29H,2-3,6-11H2,1H3/t16-,17+,20-,21-,22?/m0/s1. The fourth-order valence-corrected chi connectivity index (χ4v) is 7.61. The van der Waals surface area contributed by atoms with Gasteiger partial charge in [0.2, 0.25) is 0 Å². The number of nitrogens with zero attached hydrogens (tertiary/aromatic N) is 1. The average molecular weight is 518 g/mol. The third kappa shape index (κ3) is 3.22. The van der Waals surface area contributed by atoms with Crippen LogP contribution in [-0.4, -0.2) is 66.8 Å². The highest BCUT2D eigenvalue weighted by Gasteiger charge is 2.74. The normalized spacial score (nSPS) is 35.9. The highest BCUT2D eigenvalue weighted by atomic mass is 32.2. The molecule has 2 aliphatic heterocycles. The van der Waals surface area contributed by atoms with Gasteiger partial charge in [-0.15, -0.1) is 0 Å². The summed E-state index contributed by atoms with van der Waals surface area (Å²) in [4.78, 5) is 14.0. The molecular formula is C23H26F3NO7S. The van der Waals surface area contributed by atoms with Crippen molar-refractivity contribution in [2.24, 2.45) is 5.92 Å². The smallest absolute Gasteiger partial charge is 0.482 e. The molecule has 0 amide bonds. The number of alkyl halides is 3. The summed E-state index contributed by atoms with van der Waals surface area (Å²) in [5, 5.41) is 12.3. The summed E-state index contributed by atoms with van der Waals surface area (Å²) < 4.78 is 79.7.